The summed E-state index contributed by atoms with van der Waals surface area (Å²) in [6.45, 7) is 5.16. The standard InChI is InChI=1S/C22H33N2O8P/c1-16(21(27)30-14-8-11-17-9-6-5-7-10-17)24-33(28)31-15-22(2,3)19(32-33)20(26)23-13-12-18(25)29-4/h5-7,9-10,16,19H,8,11-15H2,1-4H3,(H,23,26)(H,24,28)/t16?,19-,33+/m0/s1. The molecule has 0 spiro atoms. The van der Waals surface area contributed by atoms with Crippen LogP contribution < -0.4 is 10.4 Å². The van der Waals surface area contributed by atoms with Gasteiger partial charge < -0.3 is 14.8 Å². The second kappa shape index (κ2) is 12.3. The molecular weight excluding hydrogens is 451 g/mol. The first-order chi connectivity index (χ1) is 15.6. The van der Waals surface area contributed by atoms with E-state index in [-0.39, 0.29) is 26.2 Å². The van der Waals surface area contributed by atoms with E-state index in [2.05, 4.69) is 15.1 Å². The van der Waals surface area contributed by atoms with Gasteiger partial charge in [-0.2, -0.15) is 0 Å². The third-order valence-corrected chi connectivity index (χ3v) is 6.72. The normalized spacial score (nSPS) is 22.7. The number of amides is 1. The van der Waals surface area contributed by atoms with Crippen LogP contribution in [0.4, 0.5) is 0 Å². The number of aryl methyl sites for hydroxylation is 1. The van der Waals surface area contributed by atoms with E-state index in [4.69, 9.17) is 13.8 Å². The summed E-state index contributed by atoms with van der Waals surface area (Å²) < 4.78 is 33.8. The SMILES string of the molecule is COC(=O)CCNC(=O)[C@@H]1O[P@@](=O)(NC(C)C(=O)OCCCc2ccccc2)OCC1(C)C. The van der Waals surface area contributed by atoms with Gasteiger partial charge in [-0.15, -0.1) is 0 Å². The van der Waals surface area contributed by atoms with Gasteiger partial charge in [0.25, 0.3) is 0 Å². The fourth-order valence-corrected chi connectivity index (χ4v) is 5.04. The first-order valence-electron chi connectivity index (χ1n) is 10.8. The Morgan fingerprint density at radius 2 is 1.94 bits per heavy atom. The van der Waals surface area contributed by atoms with Crippen molar-refractivity contribution in [3.8, 4) is 0 Å². The zero-order valence-corrected chi connectivity index (χ0v) is 20.4. The Bertz CT molecular complexity index is 861. The van der Waals surface area contributed by atoms with Crippen LogP contribution >= 0.6 is 7.75 Å². The molecule has 1 aliphatic rings. The van der Waals surface area contributed by atoms with Crippen molar-refractivity contribution in [3.63, 3.8) is 0 Å². The highest BCUT2D eigenvalue weighted by atomic mass is 31.2. The zero-order chi connectivity index (χ0) is 24.5. The third kappa shape index (κ3) is 8.55. The molecule has 33 heavy (non-hydrogen) atoms. The van der Waals surface area contributed by atoms with E-state index in [1.165, 1.54) is 14.0 Å². The van der Waals surface area contributed by atoms with E-state index >= 15 is 0 Å². The predicted octanol–water partition coefficient (Wildman–Crippen LogP) is 2.37. The van der Waals surface area contributed by atoms with E-state index in [9.17, 15) is 18.9 Å². The smallest absolute Gasteiger partial charge is 0.407 e. The number of ether oxygens (including phenoxy) is 2. The van der Waals surface area contributed by atoms with Crippen LogP contribution in [0.25, 0.3) is 0 Å². The Hall–Kier alpha value is -2.26. The Kier molecular flexibility index (Phi) is 10.0. The number of hydrogen-bond acceptors (Lipinski definition) is 8. The highest BCUT2D eigenvalue weighted by molar-refractivity contribution is 7.51. The predicted molar refractivity (Wildman–Crippen MR) is 120 cm³/mol. The second-order valence-electron chi connectivity index (χ2n) is 8.47. The van der Waals surface area contributed by atoms with Gasteiger partial charge in [-0.1, -0.05) is 44.2 Å². The fourth-order valence-electron chi connectivity index (χ4n) is 3.10. The highest BCUT2D eigenvalue weighted by Crippen LogP contribution is 2.53. The van der Waals surface area contributed by atoms with Gasteiger partial charge in [0.05, 0.1) is 26.7 Å². The molecule has 0 saturated carbocycles. The quantitative estimate of drug-likeness (QED) is 0.276. The molecule has 2 rings (SSSR count). The number of nitrogens with one attached hydrogen (secondary N) is 2. The van der Waals surface area contributed by atoms with Gasteiger partial charge in [-0.25, -0.2) is 9.65 Å². The van der Waals surface area contributed by atoms with Gasteiger partial charge in [0.1, 0.15) is 6.04 Å². The van der Waals surface area contributed by atoms with Gasteiger partial charge in [0.15, 0.2) is 6.10 Å². The fraction of sp³-hybridized carbons (Fsp3) is 0.591. The Balaban J connectivity index is 1.84. The first kappa shape index (κ1) is 27.0. The van der Waals surface area contributed by atoms with Gasteiger partial charge in [-0.3, -0.25) is 23.4 Å². The van der Waals surface area contributed by atoms with Gasteiger partial charge in [0, 0.05) is 12.0 Å². The minimum Gasteiger partial charge on any atom is -0.469 e. The summed E-state index contributed by atoms with van der Waals surface area (Å²) in [7, 11) is -2.70. The maximum atomic E-state index is 13.1. The summed E-state index contributed by atoms with van der Waals surface area (Å²) in [5.41, 5.74) is 0.359. The largest absolute Gasteiger partial charge is 0.469 e. The van der Waals surface area contributed by atoms with Gasteiger partial charge in [-0.05, 0) is 25.3 Å². The van der Waals surface area contributed by atoms with Crippen molar-refractivity contribution in [1.82, 2.24) is 10.4 Å². The minimum atomic E-state index is -3.96. The molecule has 1 unspecified atom stereocenters. The monoisotopic (exact) mass is 484 g/mol. The summed E-state index contributed by atoms with van der Waals surface area (Å²) in [6, 6.07) is 8.85. The van der Waals surface area contributed by atoms with Crippen molar-refractivity contribution in [3.05, 3.63) is 35.9 Å². The average molecular weight is 484 g/mol. The summed E-state index contributed by atoms with van der Waals surface area (Å²) in [6.07, 6.45) is 0.295. The number of esters is 2. The molecule has 3 atom stereocenters. The average Bonchev–Trinajstić information content (AvgIpc) is 2.78. The molecule has 11 heteroatoms. The second-order valence-corrected chi connectivity index (χ2v) is 10.2. The number of carbonyl (C=O) groups is 3. The molecule has 0 bridgehead atoms. The van der Waals surface area contributed by atoms with Crippen molar-refractivity contribution >= 4 is 25.6 Å². The van der Waals surface area contributed by atoms with Crippen LogP contribution in [0, 0.1) is 5.41 Å². The lowest BCUT2D eigenvalue weighted by molar-refractivity contribution is -0.145. The molecule has 1 heterocycles. The van der Waals surface area contributed by atoms with Crippen molar-refractivity contribution in [2.75, 3.05) is 26.9 Å². The molecule has 1 aliphatic heterocycles. The summed E-state index contributed by atoms with van der Waals surface area (Å²) >= 11 is 0. The van der Waals surface area contributed by atoms with Crippen LogP contribution in [0.3, 0.4) is 0 Å². The Morgan fingerprint density at radius 3 is 2.61 bits per heavy atom. The van der Waals surface area contributed by atoms with E-state index in [0.717, 1.165) is 12.0 Å². The van der Waals surface area contributed by atoms with Gasteiger partial charge in [0.2, 0.25) is 5.91 Å². The number of methoxy groups -OCH3 is 1. The number of benzene rings is 1. The van der Waals surface area contributed by atoms with Crippen molar-refractivity contribution in [1.29, 1.82) is 0 Å². The highest BCUT2D eigenvalue weighted by Gasteiger charge is 2.48. The summed E-state index contributed by atoms with van der Waals surface area (Å²) in [5, 5.41) is 5.12. The van der Waals surface area contributed by atoms with E-state index in [1.54, 1.807) is 13.8 Å². The lowest BCUT2D eigenvalue weighted by Crippen LogP contribution is -2.51. The van der Waals surface area contributed by atoms with Crippen LogP contribution in [0.5, 0.6) is 0 Å². The summed E-state index contributed by atoms with van der Waals surface area (Å²) in [5.74, 6) is -1.61. The molecule has 10 nitrogen and oxygen atoms in total. The van der Waals surface area contributed by atoms with Crippen LogP contribution in [-0.2, 0) is 43.9 Å². The molecule has 1 aromatic carbocycles. The van der Waals surface area contributed by atoms with Crippen molar-refractivity contribution < 1.29 is 37.5 Å². The molecule has 1 saturated heterocycles. The molecule has 0 aliphatic carbocycles. The number of carbonyl (C=O) groups excluding carboxylic acids is 3. The van der Waals surface area contributed by atoms with Crippen molar-refractivity contribution in [2.24, 2.45) is 5.41 Å². The lowest BCUT2D eigenvalue weighted by Gasteiger charge is -2.40. The van der Waals surface area contributed by atoms with Crippen molar-refractivity contribution in [2.45, 2.75) is 52.2 Å². The maximum Gasteiger partial charge on any atom is 0.407 e. The minimum absolute atomic E-state index is 0.00501. The lowest BCUT2D eigenvalue weighted by atomic mass is 9.87. The molecule has 184 valence electrons. The summed E-state index contributed by atoms with van der Waals surface area (Å²) in [4.78, 5) is 36.1. The third-order valence-electron chi connectivity index (χ3n) is 5.06. The zero-order valence-electron chi connectivity index (χ0n) is 19.5. The number of hydrogen-bond donors (Lipinski definition) is 2. The molecular formula is C22H33N2O8P. The van der Waals surface area contributed by atoms with E-state index in [1.807, 2.05) is 30.3 Å². The first-order valence-corrected chi connectivity index (χ1v) is 12.4. The number of rotatable bonds is 11. The topological polar surface area (TPSA) is 129 Å². The van der Waals surface area contributed by atoms with E-state index in [0.29, 0.717) is 6.42 Å². The van der Waals surface area contributed by atoms with Crippen LogP contribution in [-0.4, -0.2) is 56.9 Å². The molecule has 1 amide bonds. The molecule has 1 aromatic rings. The Morgan fingerprint density at radius 1 is 1.24 bits per heavy atom. The van der Waals surface area contributed by atoms with Crippen LogP contribution in [0.2, 0.25) is 0 Å². The molecule has 2 N–H and O–H groups in total. The maximum absolute atomic E-state index is 13.1. The van der Waals surface area contributed by atoms with Crippen LogP contribution in [0.1, 0.15) is 39.2 Å². The molecule has 1 fully saturated rings. The van der Waals surface area contributed by atoms with E-state index < -0.39 is 43.2 Å². The van der Waals surface area contributed by atoms with Gasteiger partial charge >= 0.3 is 19.7 Å². The Labute approximate surface area is 194 Å². The van der Waals surface area contributed by atoms with Crippen LogP contribution in [0.15, 0.2) is 30.3 Å². The molecule has 0 radical (unpaired) electrons. The molecule has 0 aromatic heterocycles.